The number of unbranched alkanes of at least 4 members (excludes halogenated alkanes) is 1. The maximum absolute atomic E-state index is 13.1. The van der Waals surface area contributed by atoms with Crippen molar-refractivity contribution in [1.29, 1.82) is 0 Å². The molecular weight excluding hydrogens is 512 g/mol. The van der Waals surface area contributed by atoms with E-state index in [0.29, 0.717) is 15.6 Å². The van der Waals surface area contributed by atoms with Crippen molar-refractivity contribution < 1.29 is 35.6 Å². The van der Waals surface area contributed by atoms with Crippen molar-refractivity contribution in [2.75, 3.05) is 24.1 Å². The summed E-state index contributed by atoms with van der Waals surface area (Å²) in [6, 6.07) is 0. The summed E-state index contributed by atoms with van der Waals surface area (Å²) in [6.07, 6.45) is -7.09. The number of nitrogens with one attached hydrogen (secondary N) is 1. The van der Waals surface area contributed by atoms with Crippen LogP contribution < -0.4 is 10.8 Å². The number of halogens is 5. The minimum Gasteiger partial charge on any atom is -0.293 e. The van der Waals surface area contributed by atoms with E-state index in [2.05, 4.69) is 10.1 Å². The number of anilines is 1. The fourth-order valence-electron chi connectivity index (χ4n) is 2.82. The zero-order valence-electron chi connectivity index (χ0n) is 18.4. The van der Waals surface area contributed by atoms with Crippen molar-refractivity contribution in [2.24, 2.45) is 0 Å². The molecule has 0 saturated heterocycles. The molecule has 1 N–H and O–H groups in total. The molecule has 0 aromatic carbocycles. The van der Waals surface area contributed by atoms with Crippen LogP contribution in [-0.2, 0) is 13.6 Å². The van der Waals surface area contributed by atoms with Crippen molar-refractivity contribution in [2.45, 2.75) is 63.3 Å². The topological polar surface area (TPSA) is 82.5 Å². The van der Waals surface area contributed by atoms with Gasteiger partial charge in [0.15, 0.2) is 5.82 Å². The number of thioether (sulfide) groups is 1. The predicted molar refractivity (Wildman–Crippen MR) is 118 cm³/mol. The summed E-state index contributed by atoms with van der Waals surface area (Å²) in [4.78, 5) is 17.3. The number of fused-ring (bicyclic) bond motifs is 1. The second-order valence-electron chi connectivity index (χ2n) is 6.91. The lowest BCUT2D eigenvalue weighted by molar-refractivity contribution is -0.284. The van der Waals surface area contributed by atoms with Gasteiger partial charge >= 0.3 is 25.5 Å². The normalized spacial score (nSPS) is 13.1. The van der Waals surface area contributed by atoms with Gasteiger partial charge in [0.25, 0.3) is 0 Å². The molecule has 0 aromatic rings. The molecule has 7 nitrogen and oxygen atoms in total. The molecule has 0 spiro atoms. The van der Waals surface area contributed by atoms with Gasteiger partial charge in [-0.3, -0.25) is 18.7 Å². The quantitative estimate of drug-likeness (QED) is 0.145. The van der Waals surface area contributed by atoms with Crippen LogP contribution in [0, 0.1) is 13.8 Å². The molecule has 0 unspecified atom stereocenters. The minimum absolute atomic E-state index is 0.0179. The van der Waals surface area contributed by atoms with Gasteiger partial charge in [0.1, 0.15) is 5.69 Å². The largest absolute Gasteiger partial charge is 0.453 e. The average Bonchev–Trinajstić information content (AvgIpc) is 3.00. The fourth-order valence-corrected chi connectivity index (χ4v) is 6.64. The number of hydrogen-bond acceptors (Lipinski definition) is 7. The van der Waals surface area contributed by atoms with Crippen LogP contribution >= 0.6 is 30.8 Å². The number of aryl methyl sites for hydroxylation is 1. The van der Waals surface area contributed by atoms with Gasteiger partial charge in [-0.15, -0.1) is 23.1 Å². The highest BCUT2D eigenvalue weighted by atomic mass is 32.2. The lowest BCUT2D eigenvalue weighted by atomic mass is 10.1. The molecule has 0 aliphatic carbocycles. The van der Waals surface area contributed by atoms with Crippen LogP contribution in [0.5, 0.6) is 0 Å². The molecule has 0 bridgehead atoms. The Morgan fingerprint density at radius 3 is 2.27 bits per heavy atom. The monoisotopic (exact) mass is 537 g/mol. The van der Waals surface area contributed by atoms with Gasteiger partial charge in [0.05, 0.1) is 17.4 Å². The van der Waals surface area contributed by atoms with E-state index in [0.717, 1.165) is 4.88 Å². The average molecular weight is 538 g/mol. The molecule has 2 aliphatic rings. The van der Waals surface area contributed by atoms with Gasteiger partial charge in [-0.05, 0) is 46.3 Å². The molecule has 0 radical (unpaired) electrons. The molecule has 2 aliphatic heterocycles. The van der Waals surface area contributed by atoms with Crippen molar-refractivity contribution >= 4 is 36.7 Å². The van der Waals surface area contributed by atoms with Crippen LogP contribution in [0.2, 0.25) is 0 Å². The van der Waals surface area contributed by atoms with Gasteiger partial charge in [-0.1, -0.05) is 0 Å². The number of aromatic nitrogens is 2. The highest BCUT2D eigenvalue weighted by molar-refractivity contribution is 8.01. The lowest BCUT2D eigenvalue weighted by Gasteiger charge is -2.20. The number of alkyl halides is 5. The van der Waals surface area contributed by atoms with E-state index in [9.17, 15) is 31.3 Å². The van der Waals surface area contributed by atoms with E-state index >= 15 is 0 Å². The summed E-state index contributed by atoms with van der Waals surface area (Å²) in [6.45, 7) is 6.89. The van der Waals surface area contributed by atoms with Crippen LogP contribution in [0.1, 0.15) is 43.7 Å². The van der Waals surface area contributed by atoms with E-state index in [-0.39, 0.29) is 37.6 Å². The van der Waals surface area contributed by atoms with Crippen LogP contribution in [0.3, 0.4) is 0 Å². The Balaban J connectivity index is 2.27. The summed E-state index contributed by atoms with van der Waals surface area (Å²) >= 11 is 2.50. The molecular formula is C18H25F5N3O4PS2. The highest BCUT2D eigenvalue weighted by Crippen LogP contribution is 2.50. The molecule has 0 aromatic heterocycles. The first-order valence-corrected chi connectivity index (χ1v) is 13.4. The van der Waals surface area contributed by atoms with E-state index < -0.39 is 32.0 Å². The SMILES string of the molecule is CCOP(=O)(Nc1nc(=O)n2c(C)c(C)sc(SCCCCC(F)(F)C(F)(F)F)c1-2)OCC. The third kappa shape index (κ3) is 6.68. The van der Waals surface area contributed by atoms with E-state index in [1.165, 1.54) is 27.7 Å². The van der Waals surface area contributed by atoms with E-state index in [1.807, 2.05) is 0 Å². The summed E-state index contributed by atoms with van der Waals surface area (Å²) in [5.74, 6) is -4.51. The maximum atomic E-state index is 13.1. The molecule has 33 heavy (non-hydrogen) atoms. The van der Waals surface area contributed by atoms with Gasteiger partial charge < -0.3 is 0 Å². The van der Waals surface area contributed by atoms with Crippen molar-refractivity contribution in [3.05, 3.63) is 21.1 Å². The van der Waals surface area contributed by atoms with Gasteiger partial charge in [0.2, 0.25) is 0 Å². The van der Waals surface area contributed by atoms with Crippen molar-refractivity contribution in [3.8, 4) is 5.69 Å². The summed E-state index contributed by atoms with van der Waals surface area (Å²) in [5.41, 5.74) is 0.308. The maximum Gasteiger partial charge on any atom is 0.453 e. The smallest absolute Gasteiger partial charge is 0.293 e. The van der Waals surface area contributed by atoms with E-state index in [1.54, 1.807) is 27.7 Å². The Morgan fingerprint density at radius 2 is 1.73 bits per heavy atom. The lowest BCUT2D eigenvalue weighted by Crippen LogP contribution is -2.36. The first-order valence-electron chi connectivity index (χ1n) is 10.0. The molecule has 2 heterocycles. The fraction of sp³-hybridized carbons (Fsp3) is 0.667. The van der Waals surface area contributed by atoms with Gasteiger partial charge in [-0.25, -0.2) is 9.36 Å². The van der Waals surface area contributed by atoms with Crippen LogP contribution in [0.25, 0.3) is 5.69 Å². The molecule has 188 valence electrons. The second kappa shape index (κ2) is 11.0. The summed E-state index contributed by atoms with van der Waals surface area (Å²) in [5, 5.41) is 2.59. The first kappa shape index (κ1) is 28.0. The standard InChI is InChI=1S/C18H25F5N3O4PS2/c1-5-29-31(28,30-6-2)25-14-13-15(33-12(4)11(3)26(13)16(27)24-14)32-10-8-7-9-17(19,20)18(21,22)23/h5-10H2,1-4H3,(H,24,25,27,28). The number of hydrogen-bond donors (Lipinski definition) is 1. The molecule has 15 heteroatoms. The number of nitrogens with zero attached hydrogens (tertiary/aromatic N) is 2. The molecule has 0 saturated carbocycles. The number of imidazole rings is 1. The summed E-state index contributed by atoms with van der Waals surface area (Å²) in [7, 11) is -3.81. The molecule has 0 amide bonds. The third-order valence-corrected chi connectivity index (χ3v) is 8.72. The van der Waals surface area contributed by atoms with Crippen LogP contribution in [0.4, 0.5) is 27.8 Å². The van der Waals surface area contributed by atoms with E-state index in [4.69, 9.17) is 9.05 Å². The zero-order valence-corrected chi connectivity index (χ0v) is 21.0. The van der Waals surface area contributed by atoms with Crippen LogP contribution in [-0.4, -0.2) is 40.6 Å². The molecule has 0 fully saturated rings. The zero-order chi connectivity index (χ0) is 25.0. The van der Waals surface area contributed by atoms with Gasteiger partial charge in [0, 0.05) is 17.0 Å². The Kier molecular flexibility index (Phi) is 9.36. The second-order valence-corrected chi connectivity index (χ2v) is 11.2. The van der Waals surface area contributed by atoms with Gasteiger partial charge in [-0.2, -0.15) is 26.9 Å². The Labute approximate surface area is 196 Å². The van der Waals surface area contributed by atoms with Crippen molar-refractivity contribution in [1.82, 2.24) is 9.55 Å². The Bertz CT molecular complexity index is 1020. The Hall–Kier alpha value is -1.21. The van der Waals surface area contributed by atoms with Crippen molar-refractivity contribution in [3.63, 3.8) is 0 Å². The Morgan fingerprint density at radius 1 is 1.12 bits per heavy atom. The first-order chi connectivity index (χ1) is 15.3. The highest BCUT2D eigenvalue weighted by Gasteiger charge is 2.56. The van der Waals surface area contributed by atoms with Crippen LogP contribution in [0.15, 0.2) is 9.00 Å². The number of rotatable bonds is 12. The molecule has 2 rings (SSSR count). The molecule has 0 atom stereocenters. The third-order valence-electron chi connectivity index (χ3n) is 4.50. The predicted octanol–water partition coefficient (Wildman–Crippen LogP) is 6.40. The summed E-state index contributed by atoms with van der Waals surface area (Å²) < 4.78 is 88.3. The minimum atomic E-state index is -5.57.